The molecular weight excluding hydrogens is 382 g/mol. The highest BCUT2D eigenvalue weighted by atomic mass is 32.2. The summed E-state index contributed by atoms with van der Waals surface area (Å²) in [5, 5.41) is 0. The second-order valence-corrected chi connectivity index (χ2v) is 7.96. The standard InChI is InChI=1S/C10H13F8NO2S2/c1-7(6(19)22,2-3-9(13,14)15)23(20,21)5-4-8(11,12)10(16,17)18/h2-5H2,1H3,(H2,19,22). The molecule has 0 aliphatic carbocycles. The van der Waals surface area contributed by atoms with Gasteiger partial charge in [-0.1, -0.05) is 12.2 Å². The molecule has 1 unspecified atom stereocenters. The monoisotopic (exact) mass is 395 g/mol. The van der Waals surface area contributed by atoms with E-state index in [1.807, 2.05) is 0 Å². The summed E-state index contributed by atoms with van der Waals surface area (Å²) in [5.74, 6) is -7.02. The third kappa shape index (κ3) is 5.69. The summed E-state index contributed by atoms with van der Waals surface area (Å²) in [6, 6.07) is 0. The van der Waals surface area contributed by atoms with Crippen molar-refractivity contribution in [1.29, 1.82) is 0 Å². The summed E-state index contributed by atoms with van der Waals surface area (Å²) in [4.78, 5) is -0.933. The molecule has 0 aromatic heterocycles. The quantitative estimate of drug-likeness (QED) is 0.531. The van der Waals surface area contributed by atoms with Gasteiger partial charge in [-0.2, -0.15) is 35.1 Å². The number of halogens is 8. The fraction of sp³-hybridized carbons (Fsp3) is 0.900. The van der Waals surface area contributed by atoms with Crippen molar-refractivity contribution in [1.82, 2.24) is 0 Å². The first-order chi connectivity index (χ1) is 9.86. The molecule has 3 nitrogen and oxygen atoms in total. The second kappa shape index (κ2) is 6.65. The highest BCUT2D eigenvalue weighted by molar-refractivity contribution is 7.95. The van der Waals surface area contributed by atoms with Crippen LogP contribution in [0, 0.1) is 0 Å². The van der Waals surface area contributed by atoms with Crippen LogP contribution in [0.15, 0.2) is 0 Å². The van der Waals surface area contributed by atoms with E-state index < -0.39 is 62.9 Å². The number of hydrogen-bond donors (Lipinski definition) is 1. The van der Waals surface area contributed by atoms with Crippen molar-refractivity contribution in [2.75, 3.05) is 5.75 Å². The van der Waals surface area contributed by atoms with Crippen LogP contribution in [0.1, 0.15) is 26.2 Å². The van der Waals surface area contributed by atoms with E-state index in [0.717, 1.165) is 0 Å². The Balaban J connectivity index is 5.37. The van der Waals surface area contributed by atoms with E-state index in [2.05, 4.69) is 12.2 Å². The summed E-state index contributed by atoms with van der Waals surface area (Å²) in [6.45, 7) is 0.669. The lowest BCUT2D eigenvalue weighted by molar-refractivity contribution is -0.282. The van der Waals surface area contributed by atoms with Crippen molar-refractivity contribution in [3.05, 3.63) is 0 Å². The van der Waals surface area contributed by atoms with E-state index in [0.29, 0.717) is 6.92 Å². The SMILES string of the molecule is CC(CCC(F)(F)F)(C(N)=S)S(=O)(=O)CCC(F)(F)C(F)(F)F. The normalized spacial score (nSPS) is 16.9. The van der Waals surface area contributed by atoms with Crippen LogP contribution in [0.5, 0.6) is 0 Å². The molecule has 23 heavy (non-hydrogen) atoms. The molecule has 0 aliphatic heterocycles. The average molecular weight is 395 g/mol. The average Bonchev–Trinajstić information content (AvgIpc) is 2.31. The molecule has 0 amide bonds. The van der Waals surface area contributed by atoms with Gasteiger partial charge in [-0.3, -0.25) is 0 Å². The molecule has 1 atom stereocenters. The minimum absolute atomic E-state index is 0.669. The molecule has 2 N–H and O–H groups in total. The largest absolute Gasteiger partial charge is 0.453 e. The summed E-state index contributed by atoms with van der Waals surface area (Å²) in [6.07, 6.45) is -15.7. The maximum atomic E-state index is 12.8. The third-order valence-electron chi connectivity index (χ3n) is 3.19. The number of nitrogens with two attached hydrogens (primary N) is 1. The fourth-order valence-electron chi connectivity index (χ4n) is 1.44. The molecule has 0 spiro atoms. The van der Waals surface area contributed by atoms with Crippen LogP contribution in [0.25, 0.3) is 0 Å². The summed E-state index contributed by atoms with van der Waals surface area (Å²) < 4.78 is 120. The molecule has 0 fully saturated rings. The first kappa shape index (κ1) is 22.3. The molecule has 0 radical (unpaired) electrons. The van der Waals surface area contributed by atoms with E-state index in [1.165, 1.54) is 0 Å². The Hall–Kier alpha value is -0.720. The topological polar surface area (TPSA) is 60.2 Å². The van der Waals surface area contributed by atoms with Gasteiger partial charge in [-0.05, 0) is 13.3 Å². The predicted molar refractivity (Wildman–Crippen MR) is 69.9 cm³/mol. The van der Waals surface area contributed by atoms with Crippen molar-refractivity contribution in [3.63, 3.8) is 0 Å². The van der Waals surface area contributed by atoms with Gasteiger partial charge in [0.2, 0.25) is 0 Å². The lowest BCUT2D eigenvalue weighted by Crippen LogP contribution is -2.50. The molecule has 0 aromatic rings. The van der Waals surface area contributed by atoms with Crippen molar-refractivity contribution >= 4 is 27.0 Å². The van der Waals surface area contributed by atoms with E-state index >= 15 is 0 Å². The highest BCUT2D eigenvalue weighted by Crippen LogP contribution is 2.39. The zero-order chi connectivity index (χ0) is 18.9. The minimum atomic E-state index is -5.98. The van der Waals surface area contributed by atoms with Gasteiger partial charge < -0.3 is 5.73 Å². The first-order valence-electron chi connectivity index (χ1n) is 5.89. The van der Waals surface area contributed by atoms with Crippen LogP contribution >= 0.6 is 12.2 Å². The molecule has 0 rings (SSSR count). The lowest BCUT2D eigenvalue weighted by Gasteiger charge is -2.29. The fourth-order valence-corrected chi connectivity index (χ4v) is 3.62. The molecule has 0 saturated heterocycles. The van der Waals surface area contributed by atoms with Crippen molar-refractivity contribution in [2.45, 2.75) is 49.2 Å². The van der Waals surface area contributed by atoms with Crippen LogP contribution in [-0.2, 0) is 9.84 Å². The molecule has 13 heteroatoms. The van der Waals surface area contributed by atoms with E-state index in [-0.39, 0.29) is 0 Å². The smallest absolute Gasteiger partial charge is 0.392 e. The van der Waals surface area contributed by atoms with E-state index in [1.54, 1.807) is 0 Å². The van der Waals surface area contributed by atoms with Gasteiger partial charge in [0.1, 0.15) is 4.75 Å². The number of alkyl halides is 8. The zero-order valence-corrected chi connectivity index (χ0v) is 13.2. The molecular formula is C10H13F8NO2S2. The summed E-state index contributed by atoms with van der Waals surface area (Å²) >= 11 is 4.37. The number of hydrogen-bond acceptors (Lipinski definition) is 3. The Morgan fingerprint density at radius 3 is 1.70 bits per heavy atom. The maximum Gasteiger partial charge on any atom is 0.453 e. The van der Waals surface area contributed by atoms with Gasteiger partial charge in [0, 0.05) is 12.8 Å². The molecule has 0 aromatic carbocycles. The summed E-state index contributed by atoms with van der Waals surface area (Å²) in [7, 11) is -4.88. The molecule has 0 saturated carbocycles. The Kier molecular flexibility index (Phi) is 6.44. The third-order valence-corrected chi connectivity index (χ3v) is 6.31. The second-order valence-electron chi connectivity index (χ2n) is 4.98. The molecule has 0 bridgehead atoms. The first-order valence-corrected chi connectivity index (χ1v) is 7.95. The van der Waals surface area contributed by atoms with Gasteiger partial charge in [0.25, 0.3) is 0 Å². The zero-order valence-electron chi connectivity index (χ0n) is 11.6. The van der Waals surface area contributed by atoms with Gasteiger partial charge in [0.15, 0.2) is 9.84 Å². The van der Waals surface area contributed by atoms with E-state index in [9.17, 15) is 43.5 Å². The number of thiocarbonyl (C=S) groups is 1. The van der Waals surface area contributed by atoms with Crippen molar-refractivity contribution < 1.29 is 43.5 Å². The molecule has 0 aliphatic rings. The van der Waals surface area contributed by atoms with Crippen LogP contribution in [0.2, 0.25) is 0 Å². The van der Waals surface area contributed by atoms with Gasteiger partial charge >= 0.3 is 18.3 Å². The number of rotatable bonds is 7. The van der Waals surface area contributed by atoms with Gasteiger partial charge in [0.05, 0.1) is 10.7 Å². The number of sulfone groups is 1. The van der Waals surface area contributed by atoms with E-state index in [4.69, 9.17) is 5.73 Å². The Labute approximate surface area is 132 Å². The van der Waals surface area contributed by atoms with Gasteiger partial charge in [-0.15, -0.1) is 0 Å². The molecule has 0 heterocycles. The Bertz CT molecular complexity index is 540. The van der Waals surface area contributed by atoms with Crippen molar-refractivity contribution in [3.8, 4) is 0 Å². The van der Waals surface area contributed by atoms with Crippen molar-refractivity contribution in [2.24, 2.45) is 5.73 Å². The maximum absolute atomic E-state index is 12.8. The van der Waals surface area contributed by atoms with Crippen LogP contribution in [0.3, 0.4) is 0 Å². The van der Waals surface area contributed by atoms with Crippen LogP contribution in [0.4, 0.5) is 35.1 Å². The Morgan fingerprint density at radius 1 is 0.957 bits per heavy atom. The van der Waals surface area contributed by atoms with Crippen LogP contribution in [-0.4, -0.2) is 42.2 Å². The van der Waals surface area contributed by atoms with Crippen LogP contribution < -0.4 is 5.73 Å². The molecule has 138 valence electrons. The predicted octanol–water partition coefficient (Wildman–Crippen LogP) is 3.38. The highest BCUT2D eigenvalue weighted by Gasteiger charge is 2.58. The Morgan fingerprint density at radius 2 is 1.39 bits per heavy atom. The summed E-state index contributed by atoms with van der Waals surface area (Å²) in [5.41, 5.74) is 5.09. The lowest BCUT2D eigenvalue weighted by atomic mass is 10.0. The minimum Gasteiger partial charge on any atom is -0.392 e. The van der Waals surface area contributed by atoms with Gasteiger partial charge in [-0.25, -0.2) is 8.42 Å².